The van der Waals surface area contributed by atoms with E-state index in [4.69, 9.17) is 16.3 Å². The minimum atomic E-state index is -0.741. The van der Waals surface area contributed by atoms with Crippen LogP contribution in [-0.2, 0) is 0 Å². The number of nitrogens with zero attached hydrogens (tertiary/aromatic N) is 9. The Kier molecular flexibility index (Phi) is 7.19. The van der Waals surface area contributed by atoms with Crippen molar-refractivity contribution in [1.82, 2.24) is 39.8 Å². The third kappa shape index (κ3) is 5.11. The van der Waals surface area contributed by atoms with E-state index in [2.05, 4.69) is 25.7 Å². The van der Waals surface area contributed by atoms with Crippen LogP contribution in [0.1, 0.15) is 50.9 Å². The lowest BCUT2D eigenvalue weighted by Gasteiger charge is -2.20. The van der Waals surface area contributed by atoms with Gasteiger partial charge in [-0.3, -0.25) is 9.48 Å². The summed E-state index contributed by atoms with van der Waals surface area (Å²) in [4.78, 5) is 12.5. The van der Waals surface area contributed by atoms with Gasteiger partial charge in [0.2, 0.25) is 5.69 Å². The smallest absolute Gasteiger partial charge is 0.267 e. The van der Waals surface area contributed by atoms with Gasteiger partial charge < -0.3 is 9.94 Å². The van der Waals surface area contributed by atoms with Gasteiger partial charge in [0.15, 0.2) is 12.0 Å². The summed E-state index contributed by atoms with van der Waals surface area (Å²) in [6.07, 6.45) is 10.5. The standard InChI is InChI=1S/C28H27ClFN9O3/c1-16(2)39-26(40)9-18(11-33-39)19-12-32-36(13-19)23(8-17-4-5-17)24-10-25(42-3)20(14-38(24)41)27-22(37-15-31-34-35-37)7-6-21(29)28(27)30/h6-7,9-17,23H,4-5,8H2,1-3H3. The average Bonchev–Trinajstić information content (AvgIpc) is 3.40. The SMILES string of the molecule is COc1cc(C(CC2CC2)n2cc(-c3cnn(C(C)C)c(=O)c3)cn2)[n+]([O-])cc1-c1c(-n2cnnn2)ccc(Cl)c1F. The van der Waals surface area contributed by atoms with E-state index in [9.17, 15) is 10.0 Å². The summed E-state index contributed by atoms with van der Waals surface area (Å²) in [5, 5.41) is 33.6. The van der Waals surface area contributed by atoms with Crippen molar-refractivity contribution >= 4 is 11.6 Å². The number of aromatic nitrogens is 9. The van der Waals surface area contributed by atoms with Crippen molar-refractivity contribution in [3.8, 4) is 33.7 Å². The van der Waals surface area contributed by atoms with Crippen LogP contribution in [0.3, 0.4) is 0 Å². The van der Waals surface area contributed by atoms with Gasteiger partial charge in [0.25, 0.3) is 5.56 Å². The molecule has 0 amide bonds. The van der Waals surface area contributed by atoms with Gasteiger partial charge in [-0.1, -0.05) is 24.4 Å². The second-order valence-corrected chi connectivity index (χ2v) is 10.9. The number of pyridine rings is 1. The van der Waals surface area contributed by atoms with Gasteiger partial charge in [-0.15, -0.1) is 5.10 Å². The molecule has 0 spiro atoms. The highest BCUT2D eigenvalue weighted by atomic mass is 35.5. The molecule has 1 aromatic carbocycles. The van der Waals surface area contributed by atoms with E-state index in [0.717, 1.165) is 12.8 Å². The summed E-state index contributed by atoms with van der Waals surface area (Å²) in [5.74, 6) is -0.0426. The van der Waals surface area contributed by atoms with E-state index >= 15 is 4.39 Å². The molecule has 42 heavy (non-hydrogen) atoms. The lowest BCUT2D eigenvalue weighted by Crippen LogP contribution is -2.36. The predicted octanol–water partition coefficient (Wildman–Crippen LogP) is 4.15. The highest BCUT2D eigenvalue weighted by Gasteiger charge is 2.34. The Morgan fingerprint density at radius 1 is 1.19 bits per heavy atom. The summed E-state index contributed by atoms with van der Waals surface area (Å²) >= 11 is 6.15. The van der Waals surface area contributed by atoms with E-state index in [0.29, 0.717) is 33.9 Å². The second-order valence-electron chi connectivity index (χ2n) is 10.5. The van der Waals surface area contributed by atoms with Gasteiger partial charge in [0.05, 0.1) is 53.4 Å². The minimum Gasteiger partial charge on any atom is -0.618 e. The average molecular weight is 592 g/mol. The molecule has 1 aliphatic rings. The predicted molar refractivity (Wildman–Crippen MR) is 151 cm³/mol. The van der Waals surface area contributed by atoms with Crippen LogP contribution in [0.15, 0.2) is 60.2 Å². The lowest BCUT2D eigenvalue weighted by molar-refractivity contribution is -0.615. The first-order chi connectivity index (χ1) is 20.2. The largest absolute Gasteiger partial charge is 0.618 e. The topological polar surface area (TPSA) is 132 Å². The highest BCUT2D eigenvalue weighted by molar-refractivity contribution is 6.31. The number of ether oxygens (including phenoxy) is 1. The van der Waals surface area contributed by atoms with Crippen molar-refractivity contribution in [1.29, 1.82) is 0 Å². The summed E-state index contributed by atoms with van der Waals surface area (Å²) in [7, 11) is 1.45. The Bertz CT molecular complexity index is 1820. The summed E-state index contributed by atoms with van der Waals surface area (Å²) in [6, 6.07) is 5.58. The first-order valence-corrected chi connectivity index (χ1v) is 13.8. The van der Waals surface area contributed by atoms with Crippen LogP contribution in [-0.4, -0.2) is 46.9 Å². The van der Waals surface area contributed by atoms with Crippen molar-refractivity contribution in [3.05, 3.63) is 87.5 Å². The van der Waals surface area contributed by atoms with E-state index in [-0.39, 0.29) is 39.2 Å². The van der Waals surface area contributed by atoms with Crippen molar-refractivity contribution in [3.63, 3.8) is 0 Å². The van der Waals surface area contributed by atoms with Crippen molar-refractivity contribution in [2.75, 3.05) is 7.11 Å². The van der Waals surface area contributed by atoms with Crippen molar-refractivity contribution < 1.29 is 13.9 Å². The van der Waals surface area contributed by atoms with Gasteiger partial charge in [0, 0.05) is 23.4 Å². The molecule has 14 heteroatoms. The third-order valence-corrected chi connectivity index (χ3v) is 7.66. The molecule has 216 valence electrons. The molecule has 0 N–H and O–H groups in total. The monoisotopic (exact) mass is 591 g/mol. The molecule has 1 unspecified atom stereocenters. The van der Waals surface area contributed by atoms with Gasteiger partial charge in [-0.25, -0.2) is 9.07 Å². The van der Waals surface area contributed by atoms with Crippen molar-refractivity contribution in [2.45, 2.75) is 45.2 Å². The molecule has 1 atom stereocenters. The Hall–Kier alpha value is -4.65. The summed E-state index contributed by atoms with van der Waals surface area (Å²) in [6.45, 7) is 3.78. The first-order valence-electron chi connectivity index (χ1n) is 13.4. The molecule has 0 bridgehead atoms. The molecular formula is C28H27ClFN9O3. The minimum absolute atomic E-state index is 0.0200. The quantitative estimate of drug-likeness (QED) is 0.184. The van der Waals surface area contributed by atoms with E-state index < -0.39 is 11.9 Å². The molecule has 0 aliphatic heterocycles. The van der Waals surface area contributed by atoms with Crippen LogP contribution < -0.4 is 15.0 Å². The molecule has 4 aromatic heterocycles. The van der Waals surface area contributed by atoms with Crippen LogP contribution in [0.4, 0.5) is 4.39 Å². The van der Waals surface area contributed by atoms with Gasteiger partial charge in [0.1, 0.15) is 18.1 Å². The molecule has 4 heterocycles. The Labute approximate surface area is 244 Å². The van der Waals surface area contributed by atoms with Crippen LogP contribution in [0.25, 0.3) is 27.9 Å². The molecule has 1 saturated carbocycles. The van der Waals surface area contributed by atoms with Crippen LogP contribution in [0, 0.1) is 16.9 Å². The molecule has 6 rings (SSSR count). The highest BCUT2D eigenvalue weighted by Crippen LogP contribution is 2.42. The maximum atomic E-state index is 15.5. The van der Waals surface area contributed by atoms with Gasteiger partial charge >= 0.3 is 0 Å². The van der Waals surface area contributed by atoms with Crippen molar-refractivity contribution in [2.24, 2.45) is 5.92 Å². The van der Waals surface area contributed by atoms with Crippen LogP contribution in [0.5, 0.6) is 5.75 Å². The molecule has 12 nitrogen and oxygen atoms in total. The fraction of sp³-hybridized carbons (Fsp3) is 0.321. The van der Waals surface area contributed by atoms with Crippen LogP contribution >= 0.6 is 11.6 Å². The van der Waals surface area contributed by atoms with Crippen LogP contribution in [0.2, 0.25) is 5.02 Å². The molecule has 0 saturated heterocycles. The zero-order valence-corrected chi connectivity index (χ0v) is 23.8. The Balaban J connectivity index is 1.43. The lowest BCUT2D eigenvalue weighted by atomic mass is 10.0. The molecule has 1 aliphatic carbocycles. The molecule has 1 fully saturated rings. The number of benzene rings is 1. The number of tetrazole rings is 1. The Morgan fingerprint density at radius 3 is 2.64 bits per heavy atom. The van der Waals surface area contributed by atoms with E-state index in [1.807, 2.05) is 13.8 Å². The van der Waals surface area contributed by atoms with E-state index in [1.165, 1.54) is 41.1 Å². The van der Waals surface area contributed by atoms with Gasteiger partial charge in [-0.05, 0) is 48.7 Å². The normalized spacial score (nSPS) is 14.0. The molecular weight excluding hydrogens is 565 g/mol. The van der Waals surface area contributed by atoms with Gasteiger partial charge in [-0.2, -0.15) is 19.6 Å². The zero-order chi connectivity index (χ0) is 29.5. The number of hydrogen-bond donors (Lipinski definition) is 0. The number of halogens is 2. The zero-order valence-electron chi connectivity index (χ0n) is 23.1. The number of hydrogen-bond acceptors (Lipinski definition) is 8. The first kappa shape index (κ1) is 27.5. The third-order valence-electron chi connectivity index (χ3n) is 7.37. The Morgan fingerprint density at radius 2 is 1.98 bits per heavy atom. The fourth-order valence-electron chi connectivity index (χ4n) is 5.04. The number of methoxy groups -OCH3 is 1. The van der Waals surface area contributed by atoms with E-state index in [1.54, 1.807) is 35.4 Å². The summed E-state index contributed by atoms with van der Waals surface area (Å²) < 4.78 is 26.3. The summed E-state index contributed by atoms with van der Waals surface area (Å²) in [5.41, 5.74) is 1.98. The fourth-order valence-corrected chi connectivity index (χ4v) is 5.20. The maximum absolute atomic E-state index is 15.5. The molecule has 0 radical (unpaired) electrons. The molecule has 5 aromatic rings. The maximum Gasteiger partial charge on any atom is 0.267 e. The second kappa shape index (κ2) is 11.0. The number of rotatable bonds is 9.